The average Bonchev–Trinajstić information content (AvgIpc) is 2.96. The number of anilines is 1. The van der Waals surface area contributed by atoms with Gasteiger partial charge >= 0.3 is 0 Å². The van der Waals surface area contributed by atoms with Gasteiger partial charge in [0.15, 0.2) is 5.65 Å². The van der Waals surface area contributed by atoms with Crippen LogP contribution in [-0.4, -0.2) is 40.7 Å². The minimum atomic E-state index is -0.402. The topological polar surface area (TPSA) is 46.0 Å². The molecule has 1 N–H and O–H groups in total. The molecule has 1 aromatic carbocycles. The number of imidazole rings is 1. The molecule has 2 aromatic heterocycles. The molecular formula is C18H19ClFN5. The van der Waals surface area contributed by atoms with Gasteiger partial charge in [0.25, 0.3) is 0 Å². The molecule has 130 valence electrons. The Labute approximate surface area is 150 Å². The van der Waals surface area contributed by atoms with Gasteiger partial charge in [-0.25, -0.2) is 9.37 Å². The van der Waals surface area contributed by atoms with Gasteiger partial charge in [0.1, 0.15) is 5.82 Å². The predicted molar refractivity (Wildman–Crippen MR) is 97.9 cm³/mol. The molecule has 0 radical (unpaired) electrons. The molecule has 25 heavy (non-hydrogen) atoms. The highest BCUT2D eigenvalue weighted by Crippen LogP contribution is 2.25. The van der Waals surface area contributed by atoms with Crippen molar-refractivity contribution < 1.29 is 4.39 Å². The number of aromatic nitrogens is 3. The summed E-state index contributed by atoms with van der Waals surface area (Å²) < 4.78 is 15.6. The van der Waals surface area contributed by atoms with Gasteiger partial charge in [-0.3, -0.25) is 0 Å². The predicted octanol–water partition coefficient (Wildman–Crippen LogP) is 2.99. The zero-order valence-electron chi connectivity index (χ0n) is 14.0. The third kappa shape index (κ3) is 3.19. The lowest BCUT2D eigenvalue weighted by atomic mass is 10.2. The zero-order valence-corrected chi connectivity index (χ0v) is 14.7. The van der Waals surface area contributed by atoms with Crippen molar-refractivity contribution in [3.8, 4) is 0 Å². The Morgan fingerprint density at radius 1 is 1.16 bits per heavy atom. The third-order valence-corrected chi connectivity index (χ3v) is 4.75. The maximum Gasteiger partial charge on any atom is 0.208 e. The number of rotatable bonds is 3. The molecule has 3 heterocycles. The molecular weight excluding hydrogens is 341 g/mol. The molecule has 0 saturated carbocycles. The van der Waals surface area contributed by atoms with E-state index < -0.39 is 5.82 Å². The van der Waals surface area contributed by atoms with Crippen molar-refractivity contribution in [2.75, 3.05) is 31.1 Å². The molecule has 1 aliphatic rings. The van der Waals surface area contributed by atoms with Gasteiger partial charge < -0.3 is 14.8 Å². The Morgan fingerprint density at radius 3 is 2.72 bits per heavy atom. The molecule has 7 heteroatoms. The highest BCUT2D eigenvalue weighted by molar-refractivity contribution is 6.30. The smallest absolute Gasteiger partial charge is 0.208 e. The van der Waals surface area contributed by atoms with E-state index in [0.717, 1.165) is 54.5 Å². The van der Waals surface area contributed by atoms with Gasteiger partial charge in [0, 0.05) is 31.9 Å². The number of piperazine rings is 1. The van der Waals surface area contributed by atoms with Crippen LogP contribution in [0, 0.1) is 12.7 Å². The van der Waals surface area contributed by atoms with Crippen LogP contribution in [0.3, 0.4) is 0 Å². The molecule has 1 fully saturated rings. The van der Waals surface area contributed by atoms with E-state index in [4.69, 9.17) is 16.6 Å². The molecule has 0 bridgehead atoms. The van der Waals surface area contributed by atoms with E-state index in [1.165, 1.54) is 6.07 Å². The van der Waals surface area contributed by atoms with E-state index in [0.29, 0.717) is 6.54 Å². The molecule has 1 saturated heterocycles. The number of aryl methyl sites for hydroxylation is 1. The molecule has 0 atom stereocenters. The first-order chi connectivity index (χ1) is 12.1. The van der Waals surface area contributed by atoms with Crippen molar-refractivity contribution in [3.05, 3.63) is 52.4 Å². The number of benzene rings is 1. The SMILES string of the molecule is Cc1ccc2c(n1)nc(N1CCNCC1)n2Cc1ccc(F)c(Cl)c1. The lowest BCUT2D eigenvalue weighted by Crippen LogP contribution is -2.44. The number of nitrogens with zero attached hydrogens (tertiary/aromatic N) is 4. The van der Waals surface area contributed by atoms with Crippen LogP contribution in [0.25, 0.3) is 11.2 Å². The van der Waals surface area contributed by atoms with Gasteiger partial charge in [-0.15, -0.1) is 0 Å². The van der Waals surface area contributed by atoms with Crippen LogP contribution < -0.4 is 10.2 Å². The van der Waals surface area contributed by atoms with Crippen molar-refractivity contribution in [1.82, 2.24) is 19.9 Å². The molecule has 3 aromatic rings. The molecule has 5 nitrogen and oxygen atoms in total. The van der Waals surface area contributed by atoms with Crippen LogP contribution in [0.15, 0.2) is 30.3 Å². The molecule has 4 rings (SSSR count). The Balaban J connectivity index is 1.80. The number of pyridine rings is 1. The third-order valence-electron chi connectivity index (χ3n) is 4.46. The quantitative estimate of drug-likeness (QED) is 0.781. The van der Waals surface area contributed by atoms with E-state index in [1.807, 2.05) is 19.1 Å². The van der Waals surface area contributed by atoms with Gasteiger partial charge in [-0.1, -0.05) is 17.7 Å². The van der Waals surface area contributed by atoms with Crippen molar-refractivity contribution in [2.24, 2.45) is 0 Å². The highest BCUT2D eigenvalue weighted by Gasteiger charge is 2.20. The summed E-state index contributed by atoms with van der Waals surface area (Å²) in [6.07, 6.45) is 0. The lowest BCUT2D eigenvalue weighted by Gasteiger charge is -2.28. The minimum Gasteiger partial charge on any atom is -0.340 e. The summed E-state index contributed by atoms with van der Waals surface area (Å²) in [4.78, 5) is 11.6. The molecule has 1 aliphatic heterocycles. The first-order valence-corrected chi connectivity index (χ1v) is 8.73. The monoisotopic (exact) mass is 359 g/mol. The highest BCUT2D eigenvalue weighted by atomic mass is 35.5. The standard InChI is InChI=1S/C18H19ClFN5/c1-12-2-5-16-17(22-12)23-18(24-8-6-21-7-9-24)25(16)11-13-3-4-15(20)14(19)10-13/h2-5,10,21H,6-9,11H2,1H3. The summed E-state index contributed by atoms with van der Waals surface area (Å²) in [6, 6.07) is 8.87. The van der Waals surface area contributed by atoms with Crippen LogP contribution >= 0.6 is 11.6 Å². The number of hydrogen-bond donors (Lipinski definition) is 1. The van der Waals surface area contributed by atoms with E-state index in [-0.39, 0.29) is 5.02 Å². The molecule has 0 unspecified atom stereocenters. The molecule has 0 aliphatic carbocycles. The number of halogens is 2. The van der Waals surface area contributed by atoms with Crippen LogP contribution in [0.5, 0.6) is 0 Å². The first-order valence-electron chi connectivity index (χ1n) is 8.35. The van der Waals surface area contributed by atoms with Crippen molar-refractivity contribution in [3.63, 3.8) is 0 Å². The minimum absolute atomic E-state index is 0.139. The summed E-state index contributed by atoms with van der Waals surface area (Å²) in [5, 5.41) is 3.50. The van der Waals surface area contributed by atoms with Gasteiger partial charge in [0.2, 0.25) is 5.95 Å². The van der Waals surface area contributed by atoms with E-state index in [1.54, 1.807) is 12.1 Å². The average molecular weight is 360 g/mol. The van der Waals surface area contributed by atoms with Crippen LogP contribution in [-0.2, 0) is 6.54 Å². The first kappa shape index (κ1) is 16.3. The summed E-state index contributed by atoms with van der Waals surface area (Å²) >= 11 is 5.95. The zero-order chi connectivity index (χ0) is 17.4. The van der Waals surface area contributed by atoms with Crippen molar-refractivity contribution in [2.45, 2.75) is 13.5 Å². The number of nitrogens with one attached hydrogen (secondary N) is 1. The second-order valence-electron chi connectivity index (χ2n) is 6.28. The van der Waals surface area contributed by atoms with Crippen LogP contribution in [0.2, 0.25) is 5.02 Å². The summed E-state index contributed by atoms with van der Waals surface area (Å²) in [5.74, 6) is 0.496. The Morgan fingerprint density at radius 2 is 1.96 bits per heavy atom. The molecule has 0 amide bonds. The van der Waals surface area contributed by atoms with Crippen molar-refractivity contribution in [1.29, 1.82) is 0 Å². The maximum absolute atomic E-state index is 13.5. The fourth-order valence-electron chi connectivity index (χ4n) is 3.17. The Bertz CT molecular complexity index is 917. The number of hydrogen-bond acceptors (Lipinski definition) is 4. The maximum atomic E-state index is 13.5. The second kappa shape index (κ2) is 6.61. The fourth-order valence-corrected chi connectivity index (χ4v) is 3.38. The Hall–Kier alpha value is -2.18. The summed E-state index contributed by atoms with van der Waals surface area (Å²) in [5.41, 5.74) is 3.58. The summed E-state index contributed by atoms with van der Waals surface area (Å²) in [6.45, 7) is 6.18. The van der Waals surface area contributed by atoms with Crippen molar-refractivity contribution >= 4 is 28.7 Å². The second-order valence-corrected chi connectivity index (χ2v) is 6.69. The van der Waals surface area contributed by atoms with E-state index >= 15 is 0 Å². The van der Waals surface area contributed by atoms with Gasteiger partial charge in [0.05, 0.1) is 17.1 Å². The largest absolute Gasteiger partial charge is 0.340 e. The lowest BCUT2D eigenvalue weighted by molar-refractivity contribution is 0.571. The van der Waals surface area contributed by atoms with Gasteiger partial charge in [-0.05, 0) is 36.8 Å². The van der Waals surface area contributed by atoms with Crippen LogP contribution in [0.1, 0.15) is 11.3 Å². The molecule has 0 spiro atoms. The number of fused-ring (bicyclic) bond motifs is 1. The Kier molecular flexibility index (Phi) is 4.31. The van der Waals surface area contributed by atoms with E-state index in [2.05, 4.69) is 19.8 Å². The van der Waals surface area contributed by atoms with Gasteiger partial charge in [-0.2, -0.15) is 4.98 Å². The fraction of sp³-hybridized carbons (Fsp3) is 0.333. The van der Waals surface area contributed by atoms with Crippen LogP contribution in [0.4, 0.5) is 10.3 Å². The van der Waals surface area contributed by atoms with E-state index in [9.17, 15) is 4.39 Å². The normalized spacial score (nSPS) is 15.1. The summed E-state index contributed by atoms with van der Waals surface area (Å²) in [7, 11) is 0.